The number of fused-ring (bicyclic) bond motifs is 2. The second-order valence-corrected chi connectivity index (χ2v) is 6.42. The summed E-state index contributed by atoms with van der Waals surface area (Å²) in [6.07, 6.45) is 3.50. The van der Waals surface area contributed by atoms with Gasteiger partial charge in [-0.15, -0.1) is 0 Å². The van der Waals surface area contributed by atoms with E-state index in [1.165, 1.54) is 17.2 Å². The van der Waals surface area contributed by atoms with Crippen LogP contribution in [0.3, 0.4) is 0 Å². The summed E-state index contributed by atoms with van der Waals surface area (Å²) < 4.78 is 2.61. The van der Waals surface area contributed by atoms with Crippen molar-refractivity contribution in [1.29, 1.82) is 0 Å². The number of rotatable bonds is 2. The molecule has 6 heteroatoms. The molecule has 3 heterocycles. The Bertz CT molecular complexity index is 1110. The Morgan fingerprint density at radius 1 is 1.12 bits per heavy atom. The first kappa shape index (κ1) is 15.6. The van der Waals surface area contributed by atoms with Crippen LogP contribution in [0, 0.1) is 0 Å². The van der Waals surface area contributed by atoms with Crippen LogP contribution >= 0.6 is 0 Å². The van der Waals surface area contributed by atoms with Crippen LogP contribution in [0.2, 0.25) is 0 Å². The largest absolute Gasteiger partial charge is 0.340 e. The lowest BCUT2D eigenvalue weighted by molar-refractivity contribution is 0.707. The molecule has 0 atom stereocenters. The van der Waals surface area contributed by atoms with Crippen LogP contribution in [-0.4, -0.2) is 20.7 Å². The zero-order chi connectivity index (χ0) is 17.7. The molecule has 0 radical (unpaired) electrons. The van der Waals surface area contributed by atoms with Crippen molar-refractivity contribution in [2.75, 3.05) is 11.4 Å². The summed E-state index contributed by atoms with van der Waals surface area (Å²) in [7, 11) is 3.18. The van der Waals surface area contributed by atoms with Crippen LogP contribution in [0.4, 0.5) is 11.4 Å². The van der Waals surface area contributed by atoms with Gasteiger partial charge in [-0.2, -0.15) is 0 Å². The van der Waals surface area contributed by atoms with Gasteiger partial charge in [0.1, 0.15) is 5.39 Å². The van der Waals surface area contributed by atoms with Crippen molar-refractivity contribution in [3.63, 3.8) is 0 Å². The normalized spacial score (nSPS) is 13.5. The van der Waals surface area contributed by atoms with Gasteiger partial charge in [-0.1, -0.05) is 25.1 Å². The monoisotopic (exact) mass is 336 g/mol. The van der Waals surface area contributed by atoms with Crippen LogP contribution in [-0.2, 0) is 26.9 Å². The second kappa shape index (κ2) is 5.58. The zero-order valence-electron chi connectivity index (χ0n) is 14.6. The molecule has 1 aliphatic heterocycles. The molecule has 0 spiro atoms. The first-order valence-electron chi connectivity index (χ1n) is 8.47. The molecule has 0 fully saturated rings. The molecule has 1 aromatic carbocycles. The standard InChI is InChI=1S/C19H20N4O2/c1-4-12-11-20-17-15(18(24)22(3)19(25)21(17)2)16(12)23-10-9-13-7-5-6-8-14(13)23/h5-8,11H,4,9-10H2,1-3H3. The average Bonchev–Trinajstić information content (AvgIpc) is 3.07. The minimum absolute atomic E-state index is 0.291. The Kier molecular flexibility index (Phi) is 3.49. The molecule has 0 N–H and O–H groups in total. The fourth-order valence-electron chi connectivity index (χ4n) is 3.69. The summed E-state index contributed by atoms with van der Waals surface area (Å²) >= 11 is 0. The Hall–Kier alpha value is -2.89. The highest BCUT2D eigenvalue weighted by atomic mass is 16.2. The molecule has 0 amide bonds. The summed E-state index contributed by atoms with van der Waals surface area (Å²) in [5, 5.41) is 0.514. The number of hydrogen-bond donors (Lipinski definition) is 0. The highest BCUT2D eigenvalue weighted by Gasteiger charge is 2.26. The number of aromatic nitrogens is 3. The Balaban J connectivity index is 2.14. The Morgan fingerprint density at radius 3 is 2.64 bits per heavy atom. The minimum atomic E-state index is -0.359. The van der Waals surface area contributed by atoms with E-state index in [0.29, 0.717) is 11.0 Å². The third kappa shape index (κ3) is 2.13. The van der Waals surface area contributed by atoms with Gasteiger partial charge in [0.05, 0.1) is 5.69 Å². The molecule has 6 nitrogen and oxygen atoms in total. The molecule has 1 aliphatic rings. The maximum Gasteiger partial charge on any atom is 0.332 e. The lowest BCUT2D eigenvalue weighted by Crippen LogP contribution is -2.38. The van der Waals surface area contributed by atoms with Gasteiger partial charge in [-0.25, -0.2) is 9.78 Å². The fourth-order valence-corrected chi connectivity index (χ4v) is 3.69. The minimum Gasteiger partial charge on any atom is -0.340 e. The van der Waals surface area contributed by atoms with Crippen LogP contribution < -0.4 is 16.1 Å². The van der Waals surface area contributed by atoms with Gasteiger partial charge in [-0.3, -0.25) is 13.9 Å². The van der Waals surface area contributed by atoms with Crippen molar-refractivity contribution in [1.82, 2.24) is 14.1 Å². The molecule has 0 saturated heterocycles. The molecular formula is C19H20N4O2. The maximum atomic E-state index is 12.9. The number of benzene rings is 1. The Labute approximate surface area is 145 Å². The Morgan fingerprint density at radius 2 is 1.88 bits per heavy atom. The lowest BCUT2D eigenvalue weighted by Gasteiger charge is -2.24. The van der Waals surface area contributed by atoms with E-state index in [4.69, 9.17) is 0 Å². The molecule has 0 aliphatic carbocycles. The number of pyridine rings is 1. The number of anilines is 2. The number of aryl methyl sites for hydroxylation is 2. The van der Waals surface area contributed by atoms with Gasteiger partial charge in [0, 0.05) is 32.5 Å². The van der Waals surface area contributed by atoms with Gasteiger partial charge >= 0.3 is 5.69 Å². The van der Waals surface area contributed by atoms with E-state index in [0.717, 1.165) is 40.9 Å². The summed E-state index contributed by atoms with van der Waals surface area (Å²) in [5.74, 6) is 0. The van der Waals surface area contributed by atoms with Crippen LogP contribution in [0.25, 0.3) is 11.0 Å². The van der Waals surface area contributed by atoms with E-state index < -0.39 is 0 Å². The quantitative estimate of drug-likeness (QED) is 0.717. The first-order chi connectivity index (χ1) is 12.0. The van der Waals surface area contributed by atoms with E-state index in [-0.39, 0.29) is 11.2 Å². The van der Waals surface area contributed by atoms with E-state index in [1.54, 1.807) is 13.2 Å². The second-order valence-electron chi connectivity index (χ2n) is 6.42. The summed E-state index contributed by atoms with van der Waals surface area (Å²) in [4.78, 5) is 31.8. The molecule has 3 aromatic rings. The predicted molar refractivity (Wildman–Crippen MR) is 98.8 cm³/mol. The van der Waals surface area contributed by atoms with Crippen molar-refractivity contribution < 1.29 is 0 Å². The predicted octanol–water partition coefficient (Wildman–Crippen LogP) is 1.89. The summed E-state index contributed by atoms with van der Waals surface area (Å²) in [5.41, 5.74) is 4.08. The molecule has 4 rings (SSSR count). The maximum absolute atomic E-state index is 12.9. The molecule has 128 valence electrons. The molecule has 0 unspecified atom stereocenters. The molecule has 0 saturated carbocycles. The van der Waals surface area contributed by atoms with Crippen molar-refractivity contribution in [2.24, 2.45) is 14.1 Å². The van der Waals surface area contributed by atoms with Gasteiger partial charge in [0.25, 0.3) is 5.56 Å². The topological polar surface area (TPSA) is 60.1 Å². The van der Waals surface area contributed by atoms with E-state index in [9.17, 15) is 9.59 Å². The lowest BCUT2D eigenvalue weighted by atomic mass is 10.1. The van der Waals surface area contributed by atoms with Gasteiger partial charge in [0.2, 0.25) is 0 Å². The van der Waals surface area contributed by atoms with Crippen molar-refractivity contribution in [3.8, 4) is 0 Å². The molecule has 25 heavy (non-hydrogen) atoms. The third-order valence-electron chi connectivity index (χ3n) is 5.06. The average molecular weight is 336 g/mol. The highest BCUT2D eigenvalue weighted by Crippen LogP contribution is 2.38. The SMILES string of the molecule is CCc1cnc2c(c1N1CCc3ccccc31)c(=O)n(C)c(=O)n2C. The van der Waals surface area contributed by atoms with Crippen LogP contribution in [0.5, 0.6) is 0 Å². The molecular weight excluding hydrogens is 316 g/mol. The first-order valence-corrected chi connectivity index (χ1v) is 8.47. The van der Waals surface area contributed by atoms with Crippen LogP contribution in [0.1, 0.15) is 18.1 Å². The molecule has 0 bridgehead atoms. The smallest absolute Gasteiger partial charge is 0.332 e. The molecule has 2 aromatic heterocycles. The van der Waals surface area contributed by atoms with Gasteiger partial charge in [0.15, 0.2) is 5.65 Å². The van der Waals surface area contributed by atoms with Gasteiger partial charge in [-0.05, 0) is 30.0 Å². The van der Waals surface area contributed by atoms with Gasteiger partial charge < -0.3 is 4.90 Å². The van der Waals surface area contributed by atoms with Crippen molar-refractivity contribution >= 4 is 22.4 Å². The summed E-state index contributed by atoms with van der Waals surface area (Å²) in [6.45, 7) is 2.87. The highest BCUT2D eigenvalue weighted by molar-refractivity contribution is 5.94. The fraction of sp³-hybridized carbons (Fsp3) is 0.316. The van der Waals surface area contributed by atoms with Crippen molar-refractivity contribution in [3.05, 3.63) is 62.4 Å². The van der Waals surface area contributed by atoms with E-state index >= 15 is 0 Å². The van der Waals surface area contributed by atoms with E-state index in [2.05, 4.69) is 28.9 Å². The third-order valence-corrected chi connectivity index (χ3v) is 5.06. The van der Waals surface area contributed by atoms with Crippen LogP contribution in [0.15, 0.2) is 40.1 Å². The van der Waals surface area contributed by atoms with E-state index in [1.807, 2.05) is 12.1 Å². The van der Waals surface area contributed by atoms with Crippen molar-refractivity contribution in [2.45, 2.75) is 19.8 Å². The summed E-state index contributed by atoms with van der Waals surface area (Å²) in [6, 6.07) is 8.26. The number of hydrogen-bond acceptors (Lipinski definition) is 4. The number of para-hydroxylation sites is 1. The number of nitrogens with zero attached hydrogens (tertiary/aromatic N) is 4. The zero-order valence-corrected chi connectivity index (χ0v) is 14.6.